The number of carbonyl (C=O) groups is 2. The minimum atomic E-state index is -0.354. The van der Waals surface area contributed by atoms with Crippen LogP contribution in [-0.4, -0.2) is 59.3 Å². The number of hydrogen-bond donors (Lipinski definition) is 0. The van der Waals surface area contributed by atoms with Crippen molar-refractivity contribution in [2.45, 2.75) is 45.1 Å². The standard InChI is InChI=1S/C24H30N4O2S/c1-17(22-25-10-15-31-22)28-23(29)19-8-5-9-20(21(19)24(28)30)27-13-11-26(12-14-27)16-18-6-3-2-4-7-18/h5,8-10,15,17-18H,2-4,6-7,11-14,16H2,1H3. The molecule has 1 atom stereocenters. The van der Waals surface area contributed by atoms with E-state index in [1.807, 2.05) is 24.4 Å². The molecule has 6 nitrogen and oxygen atoms in total. The average Bonchev–Trinajstić information content (AvgIpc) is 3.42. The molecule has 0 bridgehead atoms. The van der Waals surface area contributed by atoms with Gasteiger partial charge < -0.3 is 4.90 Å². The lowest BCUT2D eigenvalue weighted by atomic mass is 9.89. The van der Waals surface area contributed by atoms with Crippen molar-refractivity contribution in [3.63, 3.8) is 0 Å². The summed E-state index contributed by atoms with van der Waals surface area (Å²) in [6.45, 7) is 6.91. The zero-order chi connectivity index (χ0) is 21.4. The lowest BCUT2D eigenvalue weighted by molar-refractivity contribution is 0.0595. The van der Waals surface area contributed by atoms with Gasteiger partial charge in [0, 0.05) is 44.3 Å². The van der Waals surface area contributed by atoms with Crippen molar-refractivity contribution in [3.8, 4) is 0 Å². The Hall–Kier alpha value is -2.25. The Kier molecular flexibility index (Phi) is 5.80. The highest BCUT2D eigenvalue weighted by molar-refractivity contribution is 7.09. The summed E-state index contributed by atoms with van der Waals surface area (Å²) < 4.78 is 0. The van der Waals surface area contributed by atoms with Crippen molar-refractivity contribution in [2.24, 2.45) is 5.92 Å². The molecule has 2 amide bonds. The number of imide groups is 1. The highest BCUT2D eigenvalue weighted by Crippen LogP contribution is 2.37. The molecular formula is C24H30N4O2S. The molecule has 1 aliphatic carbocycles. The fourth-order valence-electron chi connectivity index (χ4n) is 5.36. The molecule has 1 aromatic heterocycles. The number of benzene rings is 1. The molecule has 7 heteroatoms. The summed E-state index contributed by atoms with van der Waals surface area (Å²) in [6.07, 6.45) is 8.62. The molecule has 3 heterocycles. The maximum absolute atomic E-state index is 13.4. The zero-order valence-electron chi connectivity index (χ0n) is 18.1. The number of rotatable bonds is 5. The lowest BCUT2D eigenvalue weighted by Crippen LogP contribution is -2.48. The molecule has 164 valence electrons. The largest absolute Gasteiger partial charge is 0.368 e. The van der Waals surface area contributed by atoms with E-state index < -0.39 is 0 Å². The van der Waals surface area contributed by atoms with Gasteiger partial charge in [-0.25, -0.2) is 4.98 Å². The van der Waals surface area contributed by atoms with Gasteiger partial charge in [0.05, 0.1) is 22.9 Å². The van der Waals surface area contributed by atoms with Gasteiger partial charge in [-0.3, -0.25) is 19.4 Å². The van der Waals surface area contributed by atoms with Crippen LogP contribution in [0.2, 0.25) is 0 Å². The van der Waals surface area contributed by atoms with E-state index in [9.17, 15) is 9.59 Å². The van der Waals surface area contributed by atoms with Crippen molar-refractivity contribution in [1.82, 2.24) is 14.8 Å². The fourth-order valence-corrected chi connectivity index (χ4v) is 6.04. The van der Waals surface area contributed by atoms with E-state index in [0.717, 1.165) is 42.8 Å². The van der Waals surface area contributed by atoms with Crippen molar-refractivity contribution in [3.05, 3.63) is 45.9 Å². The quantitative estimate of drug-likeness (QED) is 0.655. The van der Waals surface area contributed by atoms with Crippen LogP contribution in [0, 0.1) is 5.92 Å². The fraction of sp³-hybridized carbons (Fsp3) is 0.542. The highest BCUT2D eigenvalue weighted by Gasteiger charge is 2.42. The van der Waals surface area contributed by atoms with Crippen LogP contribution < -0.4 is 4.90 Å². The van der Waals surface area contributed by atoms with Crippen LogP contribution >= 0.6 is 11.3 Å². The van der Waals surface area contributed by atoms with Crippen LogP contribution in [-0.2, 0) is 0 Å². The molecule has 5 rings (SSSR count). The number of nitrogens with zero attached hydrogens (tertiary/aromatic N) is 4. The summed E-state index contributed by atoms with van der Waals surface area (Å²) in [6, 6.07) is 5.34. The minimum Gasteiger partial charge on any atom is -0.368 e. The molecule has 1 unspecified atom stereocenters. The topological polar surface area (TPSA) is 56.8 Å². The van der Waals surface area contributed by atoms with E-state index in [-0.39, 0.29) is 17.9 Å². The molecule has 0 radical (unpaired) electrons. The molecule has 2 aromatic rings. The van der Waals surface area contributed by atoms with Crippen LogP contribution in [0.25, 0.3) is 0 Å². The third-order valence-corrected chi connectivity index (χ3v) is 8.02. The van der Waals surface area contributed by atoms with Gasteiger partial charge in [0.15, 0.2) is 0 Å². The van der Waals surface area contributed by atoms with Crippen LogP contribution in [0.3, 0.4) is 0 Å². The number of thiazole rings is 1. The van der Waals surface area contributed by atoms with Gasteiger partial charge in [0.2, 0.25) is 0 Å². The summed E-state index contributed by atoms with van der Waals surface area (Å²) >= 11 is 1.47. The van der Waals surface area contributed by atoms with Gasteiger partial charge in [0.25, 0.3) is 11.8 Å². The third kappa shape index (κ3) is 3.89. The van der Waals surface area contributed by atoms with E-state index in [2.05, 4.69) is 14.8 Å². The first-order chi connectivity index (χ1) is 15.1. The van der Waals surface area contributed by atoms with Crippen LogP contribution in [0.1, 0.15) is 70.8 Å². The second-order valence-corrected chi connectivity index (χ2v) is 9.94. The Morgan fingerprint density at radius 2 is 1.84 bits per heavy atom. The van der Waals surface area contributed by atoms with E-state index in [4.69, 9.17) is 0 Å². The molecule has 0 spiro atoms. The summed E-state index contributed by atoms with van der Waals surface area (Å²) in [5.74, 6) is 0.449. The number of amides is 2. The number of carbonyl (C=O) groups excluding carboxylic acids is 2. The maximum atomic E-state index is 13.4. The molecule has 1 saturated heterocycles. The van der Waals surface area contributed by atoms with Crippen LogP contribution in [0.5, 0.6) is 0 Å². The zero-order valence-corrected chi connectivity index (χ0v) is 18.9. The van der Waals surface area contributed by atoms with Crippen molar-refractivity contribution >= 4 is 28.8 Å². The van der Waals surface area contributed by atoms with Gasteiger partial charge >= 0.3 is 0 Å². The Balaban J connectivity index is 1.31. The van der Waals surface area contributed by atoms with Gasteiger partial charge in [-0.2, -0.15) is 0 Å². The van der Waals surface area contributed by atoms with Gasteiger partial charge in [-0.05, 0) is 37.8 Å². The summed E-state index contributed by atoms with van der Waals surface area (Å²) in [4.78, 5) is 37.1. The van der Waals surface area contributed by atoms with Crippen molar-refractivity contribution in [1.29, 1.82) is 0 Å². The normalized spacial score (nSPS) is 21.6. The van der Waals surface area contributed by atoms with E-state index >= 15 is 0 Å². The predicted octanol–water partition coefficient (Wildman–Crippen LogP) is 4.20. The SMILES string of the molecule is CC(c1nccs1)N1C(=O)c2cccc(N3CCN(CC4CCCCC4)CC3)c2C1=O. The van der Waals surface area contributed by atoms with Gasteiger partial charge in [-0.1, -0.05) is 25.3 Å². The first-order valence-electron chi connectivity index (χ1n) is 11.5. The molecule has 31 heavy (non-hydrogen) atoms. The first-order valence-corrected chi connectivity index (χ1v) is 12.4. The molecule has 1 aromatic carbocycles. The number of hydrogen-bond acceptors (Lipinski definition) is 6. The van der Waals surface area contributed by atoms with Crippen molar-refractivity contribution in [2.75, 3.05) is 37.6 Å². The number of fused-ring (bicyclic) bond motifs is 1. The number of anilines is 1. The highest BCUT2D eigenvalue weighted by atomic mass is 32.1. The Labute approximate surface area is 187 Å². The lowest BCUT2D eigenvalue weighted by Gasteiger charge is -2.38. The van der Waals surface area contributed by atoms with Crippen LogP contribution in [0.4, 0.5) is 5.69 Å². The number of aromatic nitrogens is 1. The smallest absolute Gasteiger partial charge is 0.264 e. The van der Waals surface area contributed by atoms with E-state index in [1.165, 1.54) is 54.9 Å². The molecule has 1 saturated carbocycles. The summed E-state index contributed by atoms with van der Waals surface area (Å²) in [7, 11) is 0. The molecule has 3 aliphatic rings. The van der Waals surface area contributed by atoms with E-state index in [1.54, 1.807) is 12.3 Å². The summed E-state index contributed by atoms with van der Waals surface area (Å²) in [5, 5.41) is 2.66. The van der Waals surface area contributed by atoms with Gasteiger partial charge in [-0.15, -0.1) is 11.3 Å². The molecule has 2 fully saturated rings. The van der Waals surface area contributed by atoms with E-state index in [0.29, 0.717) is 11.1 Å². The third-order valence-electron chi connectivity index (χ3n) is 7.07. The average molecular weight is 439 g/mol. The monoisotopic (exact) mass is 438 g/mol. The Morgan fingerprint density at radius 3 is 2.55 bits per heavy atom. The Morgan fingerprint density at radius 1 is 1.06 bits per heavy atom. The maximum Gasteiger partial charge on any atom is 0.264 e. The number of piperazine rings is 1. The van der Waals surface area contributed by atoms with Gasteiger partial charge in [0.1, 0.15) is 5.01 Å². The first kappa shape index (κ1) is 20.6. The minimum absolute atomic E-state index is 0.192. The predicted molar refractivity (Wildman–Crippen MR) is 123 cm³/mol. The second-order valence-electron chi connectivity index (χ2n) is 9.02. The molecule has 0 N–H and O–H groups in total. The second kappa shape index (κ2) is 8.71. The molecular weight excluding hydrogens is 408 g/mol. The summed E-state index contributed by atoms with van der Waals surface area (Å²) in [5.41, 5.74) is 1.99. The van der Waals surface area contributed by atoms with Crippen LogP contribution in [0.15, 0.2) is 29.8 Å². The molecule has 2 aliphatic heterocycles. The van der Waals surface area contributed by atoms with Crippen molar-refractivity contribution < 1.29 is 9.59 Å². The Bertz CT molecular complexity index is 946.